The molecule has 2 heterocycles. The summed E-state index contributed by atoms with van der Waals surface area (Å²) < 4.78 is 4.69. The fourth-order valence-electron chi connectivity index (χ4n) is 2.54. The Morgan fingerprint density at radius 3 is 3.10 bits per heavy atom. The Bertz CT molecular complexity index is 503. The quantitative estimate of drug-likeness (QED) is 0.797. The van der Waals surface area contributed by atoms with Gasteiger partial charge in [0.1, 0.15) is 4.88 Å². The summed E-state index contributed by atoms with van der Waals surface area (Å²) >= 11 is 1.25. The molecule has 2 rings (SSSR count). The Kier molecular flexibility index (Phi) is 5.72. The Balaban J connectivity index is 1.90. The zero-order valence-electron chi connectivity index (χ0n) is 12.1. The van der Waals surface area contributed by atoms with Crippen molar-refractivity contribution in [2.24, 2.45) is 11.7 Å². The van der Waals surface area contributed by atoms with Crippen LogP contribution in [0.4, 0.5) is 5.69 Å². The highest BCUT2D eigenvalue weighted by atomic mass is 32.1. The number of esters is 1. The van der Waals surface area contributed by atoms with E-state index < -0.39 is 5.97 Å². The lowest BCUT2D eigenvalue weighted by atomic mass is 9.98. The minimum absolute atomic E-state index is 0.115. The number of anilines is 1. The molecule has 3 N–H and O–H groups in total. The van der Waals surface area contributed by atoms with Gasteiger partial charge in [-0.3, -0.25) is 9.69 Å². The molecular formula is C14H21N3O3S. The molecule has 1 aromatic heterocycles. The van der Waals surface area contributed by atoms with Crippen LogP contribution in [0.5, 0.6) is 0 Å². The number of likely N-dealkylation sites (tertiary alicyclic amines) is 1. The van der Waals surface area contributed by atoms with Gasteiger partial charge in [0, 0.05) is 6.54 Å². The number of carbonyl (C=O) groups excluding carboxylic acids is 2. The molecule has 1 saturated heterocycles. The number of ether oxygens (including phenoxy) is 1. The number of thiophene rings is 1. The predicted molar refractivity (Wildman–Crippen MR) is 82.5 cm³/mol. The van der Waals surface area contributed by atoms with Gasteiger partial charge in [-0.25, -0.2) is 4.79 Å². The van der Waals surface area contributed by atoms with E-state index in [1.807, 2.05) is 0 Å². The van der Waals surface area contributed by atoms with E-state index in [4.69, 9.17) is 10.5 Å². The number of nitrogens with zero attached hydrogens (tertiary/aromatic N) is 1. The van der Waals surface area contributed by atoms with Crippen molar-refractivity contribution >= 4 is 28.9 Å². The van der Waals surface area contributed by atoms with Gasteiger partial charge >= 0.3 is 5.97 Å². The maximum Gasteiger partial charge on any atom is 0.350 e. The summed E-state index contributed by atoms with van der Waals surface area (Å²) in [6.45, 7) is 2.76. The van der Waals surface area contributed by atoms with E-state index in [0.29, 0.717) is 29.6 Å². The van der Waals surface area contributed by atoms with Crippen LogP contribution in [0.3, 0.4) is 0 Å². The number of amides is 1. The Morgan fingerprint density at radius 1 is 1.57 bits per heavy atom. The maximum atomic E-state index is 12.1. The number of rotatable bonds is 5. The molecule has 1 aliphatic rings. The van der Waals surface area contributed by atoms with Crippen molar-refractivity contribution in [3.8, 4) is 0 Å². The molecule has 0 spiro atoms. The van der Waals surface area contributed by atoms with Crippen LogP contribution in [0.25, 0.3) is 0 Å². The van der Waals surface area contributed by atoms with E-state index in [1.54, 1.807) is 11.4 Å². The number of piperidine rings is 1. The van der Waals surface area contributed by atoms with Crippen molar-refractivity contribution in [2.45, 2.75) is 12.8 Å². The smallest absolute Gasteiger partial charge is 0.350 e. The van der Waals surface area contributed by atoms with E-state index in [1.165, 1.54) is 18.4 Å². The van der Waals surface area contributed by atoms with Gasteiger partial charge in [0.25, 0.3) is 0 Å². The number of nitrogens with two attached hydrogens (primary N) is 1. The van der Waals surface area contributed by atoms with E-state index in [-0.39, 0.29) is 5.91 Å². The number of hydrogen-bond donors (Lipinski definition) is 2. The molecule has 0 bridgehead atoms. The van der Waals surface area contributed by atoms with Crippen LogP contribution in [-0.2, 0) is 9.53 Å². The second kappa shape index (κ2) is 7.53. The number of methoxy groups -OCH3 is 1. The van der Waals surface area contributed by atoms with Crippen LogP contribution in [0.1, 0.15) is 22.5 Å². The minimum atomic E-state index is -0.429. The molecule has 0 aromatic carbocycles. The maximum absolute atomic E-state index is 12.1. The first-order valence-corrected chi connectivity index (χ1v) is 7.90. The Labute approximate surface area is 128 Å². The third kappa shape index (κ3) is 4.26. The van der Waals surface area contributed by atoms with Gasteiger partial charge in [0.15, 0.2) is 0 Å². The first-order chi connectivity index (χ1) is 10.1. The summed E-state index contributed by atoms with van der Waals surface area (Å²) in [6, 6.07) is 1.72. The predicted octanol–water partition coefficient (Wildman–Crippen LogP) is 1.14. The molecule has 1 aromatic rings. The van der Waals surface area contributed by atoms with Crippen LogP contribution in [0, 0.1) is 5.92 Å². The zero-order valence-corrected chi connectivity index (χ0v) is 12.9. The third-order valence-electron chi connectivity index (χ3n) is 3.61. The minimum Gasteiger partial charge on any atom is -0.465 e. The highest BCUT2D eigenvalue weighted by Gasteiger charge is 2.21. The van der Waals surface area contributed by atoms with Gasteiger partial charge in [-0.15, -0.1) is 11.3 Å². The molecule has 21 heavy (non-hydrogen) atoms. The fraction of sp³-hybridized carbons (Fsp3) is 0.571. The van der Waals surface area contributed by atoms with Gasteiger partial charge in [-0.2, -0.15) is 0 Å². The average Bonchev–Trinajstić information content (AvgIpc) is 2.94. The van der Waals surface area contributed by atoms with Crippen LogP contribution in [0.2, 0.25) is 0 Å². The van der Waals surface area contributed by atoms with E-state index in [2.05, 4.69) is 10.2 Å². The van der Waals surface area contributed by atoms with Crippen LogP contribution < -0.4 is 11.1 Å². The number of carbonyl (C=O) groups is 2. The summed E-state index contributed by atoms with van der Waals surface area (Å²) in [4.78, 5) is 26.2. The molecule has 0 radical (unpaired) electrons. The van der Waals surface area contributed by atoms with E-state index in [9.17, 15) is 9.59 Å². The first-order valence-electron chi connectivity index (χ1n) is 7.02. The summed E-state index contributed by atoms with van der Waals surface area (Å²) in [5.74, 6) is -0.0731. The Morgan fingerprint density at radius 2 is 2.38 bits per heavy atom. The SMILES string of the molecule is COC(=O)c1sccc1NC(=O)CN1CCCC(CN)C1. The summed E-state index contributed by atoms with van der Waals surface area (Å²) in [5.41, 5.74) is 6.22. The molecule has 116 valence electrons. The molecule has 1 atom stereocenters. The van der Waals surface area contributed by atoms with E-state index in [0.717, 1.165) is 25.9 Å². The van der Waals surface area contributed by atoms with Gasteiger partial charge < -0.3 is 15.8 Å². The highest BCUT2D eigenvalue weighted by Crippen LogP contribution is 2.23. The van der Waals surface area contributed by atoms with Crippen molar-refractivity contribution in [1.29, 1.82) is 0 Å². The largest absolute Gasteiger partial charge is 0.465 e. The van der Waals surface area contributed by atoms with Crippen molar-refractivity contribution < 1.29 is 14.3 Å². The molecular weight excluding hydrogens is 290 g/mol. The first kappa shape index (κ1) is 15.9. The van der Waals surface area contributed by atoms with Crippen molar-refractivity contribution in [3.63, 3.8) is 0 Å². The molecule has 0 aliphatic carbocycles. The van der Waals surface area contributed by atoms with Crippen LogP contribution >= 0.6 is 11.3 Å². The van der Waals surface area contributed by atoms with Crippen molar-refractivity contribution in [1.82, 2.24) is 4.90 Å². The average molecular weight is 311 g/mol. The second-order valence-electron chi connectivity index (χ2n) is 5.18. The monoisotopic (exact) mass is 311 g/mol. The van der Waals surface area contributed by atoms with Gasteiger partial charge in [0.05, 0.1) is 19.3 Å². The summed E-state index contributed by atoms with van der Waals surface area (Å²) in [5, 5.41) is 4.54. The lowest BCUT2D eigenvalue weighted by molar-refractivity contribution is -0.117. The topological polar surface area (TPSA) is 84.7 Å². The van der Waals surface area contributed by atoms with Crippen LogP contribution in [0.15, 0.2) is 11.4 Å². The number of nitrogens with one attached hydrogen (secondary N) is 1. The lowest BCUT2D eigenvalue weighted by Gasteiger charge is -2.31. The van der Waals surface area contributed by atoms with Crippen molar-refractivity contribution in [3.05, 3.63) is 16.3 Å². The zero-order chi connectivity index (χ0) is 15.2. The molecule has 7 heteroatoms. The highest BCUT2D eigenvalue weighted by molar-refractivity contribution is 7.12. The van der Waals surface area contributed by atoms with Crippen LogP contribution in [-0.4, -0.2) is 50.1 Å². The molecule has 6 nitrogen and oxygen atoms in total. The molecule has 1 unspecified atom stereocenters. The fourth-order valence-corrected chi connectivity index (χ4v) is 3.30. The van der Waals surface area contributed by atoms with Crippen molar-refractivity contribution in [2.75, 3.05) is 38.6 Å². The van der Waals surface area contributed by atoms with Gasteiger partial charge in [0.2, 0.25) is 5.91 Å². The molecule has 0 saturated carbocycles. The normalized spacial score (nSPS) is 19.2. The van der Waals surface area contributed by atoms with Gasteiger partial charge in [-0.05, 0) is 43.3 Å². The lowest BCUT2D eigenvalue weighted by Crippen LogP contribution is -2.42. The molecule has 1 fully saturated rings. The molecule has 1 aliphatic heterocycles. The third-order valence-corrected chi connectivity index (χ3v) is 4.51. The second-order valence-corrected chi connectivity index (χ2v) is 6.10. The summed E-state index contributed by atoms with van der Waals surface area (Å²) in [7, 11) is 1.33. The van der Waals surface area contributed by atoms with Gasteiger partial charge in [-0.1, -0.05) is 0 Å². The number of hydrogen-bond acceptors (Lipinski definition) is 6. The molecule has 1 amide bonds. The van der Waals surface area contributed by atoms with E-state index >= 15 is 0 Å². The summed E-state index contributed by atoms with van der Waals surface area (Å²) in [6.07, 6.45) is 2.20. The Hall–Kier alpha value is -1.44. The standard InChI is InChI=1S/C14H21N3O3S/c1-20-14(19)13-11(4-6-21-13)16-12(18)9-17-5-2-3-10(7-15)8-17/h4,6,10H,2-3,5,7-9,15H2,1H3,(H,16,18).